The van der Waals surface area contributed by atoms with Crippen LogP contribution < -0.4 is 5.43 Å². The van der Waals surface area contributed by atoms with E-state index in [4.69, 9.17) is 0 Å². The van der Waals surface area contributed by atoms with Crippen LogP contribution in [0.3, 0.4) is 0 Å². The Kier molecular flexibility index (Phi) is 5.46. The van der Waals surface area contributed by atoms with Gasteiger partial charge in [-0.1, -0.05) is 48.5 Å². The Morgan fingerprint density at radius 3 is 2.48 bits per heavy atom. The second-order valence-corrected chi connectivity index (χ2v) is 5.33. The fourth-order valence-corrected chi connectivity index (χ4v) is 2.21. The van der Waals surface area contributed by atoms with E-state index in [-0.39, 0.29) is 5.91 Å². The summed E-state index contributed by atoms with van der Waals surface area (Å²) in [5.41, 5.74) is 5.12. The molecule has 0 spiro atoms. The highest BCUT2D eigenvalue weighted by atomic mass is 79.9. The molecule has 0 radical (unpaired) electrons. The van der Waals surface area contributed by atoms with Crippen molar-refractivity contribution < 1.29 is 4.79 Å². The third-order valence-corrected chi connectivity index (χ3v) is 3.44. The quantitative estimate of drug-likeness (QED) is 0.654. The number of hydrazone groups is 1. The van der Waals surface area contributed by atoms with Crippen LogP contribution in [-0.4, -0.2) is 12.1 Å². The molecule has 0 saturated carbocycles. The number of hydrogen-bond donors (Lipinski definition) is 1. The Bertz CT molecular complexity index is 678. The predicted molar refractivity (Wildman–Crippen MR) is 90.2 cm³/mol. The molecular weight excluding hydrogens is 328 g/mol. The van der Waals surface area contributed by atoms with Gasteiger partial charge in [0.05, 0.1) is 11.8 Å². The average Bonchev–Trinajstić information content (AvgIpc) is 2.48. The van der Waals surface area contributed by atoms with Crippen LogP contribution in [-0.2, 0) is 0 Å². The number of halogens is 1. The molecule has 3 nitrogen and oxygen atoms in total. The molecule has 2 aromatic carbocycles. The van der Waals surface area contributed by atoms with Crippen molar-refractivity contribution in [2.24, 2.45) is 5.10 Å². The lowest BCUT2D eigenvalue weighted by Gasteiger charge is -2.02. The maximum absolute atomic E-state index is 11.9. The normalized spacial score (nSPS) is 11.6. The first kappa shape index (κ1) is 15.2. The van der Waals surface area contributed by atoms with Crippen LogP contribution in [0, 0.1) is 0 Å². The number of benzene rings is 2. The molecule has 0 aromatic heterocycles. The standard InChI is InChI=1S/C17H15BrN2O/c1-13(11-14-7-3-2-4-8-14)12-19-20-17(21)15-9-5-6-10-16(15)18/h2-12H,1H3,(H,20,21)/b13-11-,19-12+. The monoisotopic (exact) mass is 342 g/mol. The van der Waals surface area contributed by atoms with Gasteiger partial charge in [0, 0.05) is 4.47 Å². The first-order chi connectivity index (χ1) is 10.2. The molecule has 1 amide bonds. The van der Waals surface area contributed by atoms with Gasteiger partial charge in [0.25, 0.3) is 5.91 Å². The lowest BCUT2D eigenvalue weighted by Crippen LogP contribution is -2.18. The van der Waals surface area contributed by atoms with E-state index in [1.54, 1.807) is 12.3 Å². The highest BCUT2D eigenvalue weighted by Crippen LogP contribution is 2.15. The van der Waals surface area contributed by atoms with Gasteiger partial charge >= 0.3 is 0 Å². The molecule has 21 heavy (non-hydrogen) atoms. The first-order valence-corrected chi connectivity index (χ1v) is 7.27. The van der Waals surface area contributed by atoms with Crippen LogP contribution in [0.15, 0.2) is 69.7 Å². The van der Waals surface area contributed by atoms with Crippen molar-refractivity contribution in [1.82, 2.24) is 5.43 Å². The highest BCUT2D eigenvalue weighted by Gasteiger charge is 2.07. The largest absolute Gasteiger partial charge is 0.272 e. The van der Waals surface area contributed by atoms with E-state index in [2.05, 4.69) is 26.5 Å². The molecule has 2 rings (SSSR count). The minimum absolute atomic E-state index is 0.244. The van der Waals surface area contributed by atoms with Crippen molar-refractivity contribution in [3.8, 4) is 0 Å². The van der Waals surface area contributed by atoms with Crippen molar-refractivity contribution in [2.75, 3.05) is 0 Å². The van der Waals surface area contributed by atoms with E-state index in [9.17, 15) is 4.79 Å². The zero-order chi connectivity index (χ0) is 15.1. The van der Waals surface area contributed by atoms with Crippen molar-refractivity contribution in [3.63, 3.8) is 0 Å². The van der Waals surface area contributed by atoms with E-state index in [1.165, 1.54) is 0 Å². The molecule has 0 bridgehead atoms. The summed E-state index contributed by atoms with van der Waals surface area (Å²) >= 11 is 3.34. The number of allylic oxidation sites excluding steroid dienone is 1. The average molecular weight is 343 g/mol. The van der Waals surface area contributed by atoms with Crippen molar-refractivity contribution in [3.05, 3.63) is 75.8 Å². The van der Waals surface area contributed by atoms with Gasteiger partial charge in [0.2, 0.25) is 0 Å². The molecule has 1 N–H and O–H groups in total. The lowest BCUT2D eigenvalue weighted by atomic mass is 10.1. The third kappa shape index (κ3) is 4.68. The summed E-state index contributed by atoms with van der Waals surface area (Å²) < 4.78 is 0.745. The smallest absolute Gasteiger partial charge is 0.267 e. The van der Waals surface area contributed by atoms with Gasteiger partial charge in [-0.15, -0.1) is 0 Å². The summed E-state index contributed by atoms with van der Waals surface area (Å²) in [5, 5.41) is 3.97. The number of nitrogens with one attached hydrogen (secondary N) is 1. The number of carbonyl (C=O) groups is 1. The van der Waals surface area contributed by atoms with Crippen molar-refractivity contribution >= 4 is 34.1 Å². The molecule has 0 atom stereocenters. The van der Waals surface area contributed by atoms with Crippen molar-refractivity contribution in [1.29, 1.82) is 0 Å². The van der Waals surface area contributed by atoms with Gasteiger partial charge < -0.3 is 0 Å². The summed E-state index contributed by atoms with van der Waals surface area (Å²) in [6, 6.07) is 17.2. The maximum Gasteiger partial charge on any atom is 0.272 e. The summed E-state index contributed by atoms with van der Waals surface area (Å²) in [7, 11) is 0. The molecule has 2 aromatic rings. The zero-order valence-corrected chi connectivity index (χ0v) is 13.2. The van der Waals surface area contributed by atoms with Crippen LogP contribution in [0.1, 0.15) is 22.8 Å². The SMILES string of the molecule is CC(=C/c1ccccc1)/C=N/NC(=O)c1ccccc1Br. The number of rotatable bonds is 4. The van der Waals surface area contributed by atoms with E-state index in [0.717, 1.165) is 15.6 Å². The Labute approximate surface area is 132 Å². The Hall–Kier alpha value is -2.20. The van der Waals surface area contributed by atoms with Crippen LogP contribution in [0.25, 0.3) is 6.08 Å². The molecule has 106 valence electrons. The summed E-state index contributed by atoms with van der Waals surface area (Å²) in [6.45, 7) is 1.93. The van der Waals surface area contributed by atoms with Gasteiger partial charge in [-0.25, -0.2) is 5.43 Å². The van der Waals surface area contributed by atoms with Crippen LogP contribution in [0.5, 0.6) is 0 Å². The topological polar surface area (TPSA) is 41.5 Å². The minimum Gasteiger partial charge on any atom is -0.267 e. The molecule has 0 aliphatic carbocycles. The van der Waals surface area contributed by atoms with E-state index >= 15 is 0 Å². The van der Waals surface area contributed by atoms with Crippen LogP contribution in [0.4, 0.5) is 0 Å². The third-order valence-electron chi connectivity index (χ3n) is 2.75. The number of carbonyl (C=O) groups excluding carboxylic acids is 1. The number of hydrogen-bond acceptors (Lipinski definition) is 2. The van der Waals surface area contributed by atoms with Crippen LogP contribution >= 0.6 is 15.9 Å². The number of amides is 1. The van der Waals surface area contributed by atoms with Gasteiger partial charge in [-0.2, -0.15) is 5.10 Å². The Balaban J connectivity index is 1.98. The second-order valence-electron chi connectivity index (χ2n) is 4.48. The van der Waals surface area contributed by atoms with Crippen molar-refractivity contribution in [2.45, 2.75) is 6.92 Å². The Morgan fingerprint density at radius 1 is 1.10 bits per heavy atom. The molecule has 0 aliphatic rings. The molecule has 0 heterocycles. The summed E-state index contributed by atoms with van der Waals surface area (Å²) in [6.07, 6.45) is 3.62. The molecule has 4 heteroatoms. The van der Waals surface area contributed by atoms with Gasteiger partial charge in [-0.05, 0) is 46.1 Å². The van der Waals surface area contributed by atoms with Gasteiger partial charge in [0.15, 0.2) is 0 Å². The van der Waals surface area contributed by atoms with E-state index < -0.39 is 0 Å². The van der Waals surface area contributed by atoms with E-state index in [1.807, 2.05) is 61.5 Å². The van der Waals surface area contributed by atoms with Gasteiger partial charge in [-0.3, -0.25) is 4.79 Å². The summed E-state index contributed by atoms with van der Waals surface area (Å²) in [4.78, 5) is 11.9. The highest BCUT2D eigenvalue weighted by molar-refractivity contribution is 9.10. The fourth-order valence-electron chi connectivity index (χ4n) is 1.75. The lowest BCUT2D eigenvalue weighted by molar-refractivity contribution is 0.0954. The molecule has 0 unspecified atom stereocenters. The zero-order valence-electron chi connectivity index (χ0n) is 11.6. The predicted octanol–water partition coefficient (Wildman–Crippen LogP) is 4.27. The fraction of sp³-hybridized carbons (Fsp3) is 0.0588. The van der Waals surface area contributed by atoms with Gasteiger partial charge in [0.1, 0.15) is 0 Å². The minimum atomic E-state index is -0.244. The molecule has 0 aliphatic heterocycles. The second kappa shape index (κ2) is 7.55. The van der Waals surface area contributed by atoms with E-state index in [0.29, 0.717) is 5.56 Å². The first-order valence-electron chi connectivity index (χ1n) is 6.48. The molecule has 0 saturated heterocycles. The maximum atomic E-state index is 11.9. The molecule has 0 fully saturated rings. The van der Waals surface area contributed by atoms with Crippen LogP contribution in [0.2, 0.25) is 0 Å². The Morgan fingerprint density at radius 2 is 1.76 bits per heavy atom. The molecular formula is C17H15BrN2O. The summed E-state index contributed by atoms with van der Waals surface area (Å²) in [5.74, 6) is -0.244. The number of nitrogens with zero attached hydrogens (tertiary/aromatic N) is 1.